The number of hydrogen-bond donors (Lipinski definition) is 1. The largest absolute Gasteiger partial charge is 0.323 e. The van der Waals surface area contributed by atoms with Gasteiger partial charge < -0.3 is 5.73 Å². The van der Waals surface area contributed by atoms with Crippen LogP contribution in [-0.2, 0) is 0 Å². The van der Waals surface area contributed by atoms with Crippen LogP contribution < -0.4 is 16.3 Å². The highest BCUT2D eigenvalue weighted by Gasteiger charge is 2.31. The predicted octanol–water partition coefficient (Wildman–Crippen LogP) is 4.85. The van der Waals surface area contributed by atoms with Crippen LogP contribution in [0.4, 0.5) is 0 Å². The first kappa shape index (κ1) is 17.0. The minimum Gasteiger partial charge on any atom is -0.323 e. The van der Waals surface area contributed by atoms with E-state index in [1.54, 1.807) is 0 Å². The van der Waals surface area contributed by atoms with E-state index in [4.69, 9.17) is 5.73 Å². The Kier molecular flexibility index (Phi) is 5.11. The van der Waals surface area contributed by atoms with E-state index in [9.17, 15) is 0 Å². The summed E-state index contributed by atoms with van der Waals surface area (Å²) in [7, 11) is -0.633. The maximum Gasteiger partial charge on any atom is 0.0489 e. The summed E-state index contributed by atoms with van der Waals surface area (Å²) in [6.45, 7) is 0. The number of allylic oxidation sites excluding steroid dienone is 2. The third-order valence-electron chi connectivity index (χ3n) is 4.59. The summed E-state index contributed by atoms with van der Waals surface area (Å²) < 4.78 is 0. The summed E-state index contributed by atoms with van der Waals surface area (Å²) in [4.78, 5) is 0. The van der Waals surface area contributed by atoms with Crippen LogP contribution in [-0.4, -0.2) is 0 Å². The highest BCUT2D eigenvalue weighted by Crippen LogP contribution is 2.52. The van der Waals surface area contributed by atoms with Crippen LogP contribution in [0.2, 0.25) is 0 Å². The van der Waals surface area contributed by atoms with E-state index in [1.165, 1.54) is 21.8 Å². The van der Waals surface area contributed by atoms with Gasteiger partial charge in [-0.25, -0.2) is 0 Å². The molecule has 1 radical (unpaired) electrons. The first-order valence-corrected chi connectivity index (χ1v) is 10.1. The van der Waals surface area contributed by atoms with E-state index in [0.717, 1.165) is 5.56 Å². The van der Waals surface area contributed by atoms with Gasteiger partial charge in [0.15, 0.2) is 0 Å². The van der Waals surface area contributed by atoms with Gasteiger partial charge in [0, 0.05) is 12.0 Å². The number of benzene rings is 3. The quantitative estimate of drug-likeness (QED) is 0.652. The highest BCUT2D eigenvalue weighted by molar-refractivity contribution is 7.77. The minimum absolute atomic E-state index is 0.112. The van der Waals surface area contributed by atoms with E-state index in [-0.39, 0.29) is 6.04 Å². The second kappa shape index (κ2) is 7.83. The zero-order chi connectivity index (χ0) is 17.8. The van der Waals surface area contributed by atoms with Gasteiger partial charge in [-0.15, -0.1) is 0 Å². The van der Waals surface area contributed by atoms with Gasteiger partial charge in [-0.2, -0.15) is 0 Å². The standard InChI is InChI=1S/C24H21NP/c25-24(19-11-4-1-5-12-19)22-17-10-18-23(22)26(20-13-6-2-7-14-20)21-15-8-3-9-16-21/h1-18,24H,25H2/t24-/m1/s1. The van der Waals surface area contributed by atoms with E-state index in [1.807, 2.05) is 6.07 Å². The van der Waals surface area contributed by atoms with Gasteiger partial charge in [0.05, 0.1) is 0 Å². The van der Waals surface area contributed by atoms with Crippen molar-refractivity contribution in [3.8, 4) is 0 Å². The SMILES string of the molecule is N[C@@H]([C]1C=CC=C1P(c1ccccc1)c1ccccc1)c1ccccc1. The number of nitrogens with two attached hydrogens (primary N) is 1. The second-order valence-corrected chi connectivity index (χ2v) is 8.45. The monoisotopic (exact) mass is 354 g/mol. The van der Waals surface area contributed by atoms with Crippen molar-refractivity contribution < 1.29 is 0 Å². The van der Waals surface area contributed by atoms with Crippen LogP contribution in [0.15, 0.2) is 115 Å². The molecule has 0 aliphatic heterocycles. The Hall–Kier alpha value is -2.47. The van der Waals surface area contributed by atoms with Crippen LogP contribution in [0, 0.1) is 5.92 Å². The van der Waals surface area contributed by atoms with Crippen molar-refractivity contribution in [2.75, 3.05) is 0 Å². The van der Waals surface area contributed by atoms with Crippen molar-refractivity contribution >= 4 is 18.5 Å². The van der Waals surface area contributed by atoms with E-state index in [2.05, 4.69) is 103 Å². The number of hydrogen-bond acceptors (Lipinski definition) is 1. The summed E-state index contributed by atoms with van der Waals surface area (Å²) in [6.07, 6.45) is 6.55. The smallest absolute Gasteiger partial charge is 0.0489 e. The fraction of sp³-hybridized carbons (Fsp3) is 0.0417. The molecular weight excluding hydrogens is 333 g/mol. The van der Waals surface area contributed by atoms with Crippen molar-refractivity contribution in [2.24, 2.45) is 5.73 Å². The van der Waals surface area contributed by atoms with Crippen molar-refractivity contribution in [2.45, 2.75) is 6.04 Å². The number of rotatable bonds is 5. The van der Waals surface area contributed by atoms with Gasteiger partial charge in [0.1, 0.15) is 0 Å². The highest BCUT2D eigenvalue weighted by atomic mass is 31.1. The van der Waals surface area contributed by atoms with Gasteiger partial charge in [0.25, 0.3) is 0 Å². The third kappa shape index (κ3) is 3.42. The molecule has 1 nitrogen and oxygen atoms in total. The lowest BCUT2D eigenvalue weighted by molar-refractivity contribution is 0.807. The zero-order valence-electron chi connectivity index (χ0n) is 14.5. The Labute approximate surface area is 156 Å². The molecule has 0 bridgehead atoms. The average molecular weight is 354 g/mol. The molecule has 0 fully saturated rings. The first-order chi connectivity index (χ1) is 12.8. The fourth-order valence-electron chi connectivity index (χ4n) is 3.31. The Morgan fingerprint density at radius 1 is 0.654 bits per heavy atom. The van der Waals surface area contributed by atoms with Crippen molar-refractivity contribution in [3.05, 3.63) is 126 Å². The molecule has 0 saturated heterocycles. The van der Waals surface area contributed by atoms with E-state index < -0.39 is 7.92 Å². The molecule has 127 valence electrons. The molecule has 0 unspecified atom stereocenters. The Bertz CT molecular complexity index is 861. The molecule has 1 atom stereocenters. The van der Waals surface area contributed by atoms with Crippen LogP contribution in [0.1, 0.15) is 11.6 Å². The molecule has 0 saturated carbocycles. The van der Waals surface area contributed by atoms with Crippen LogP contribution in [0.5, 0.6) is 0 Å². The van der Waals surface area contributed by atoms with Gasteiger partial charge in [-0.1, -0.05) is 109 Å². The topological polar surface area (TPSA) is 26.0 Å². The molecular formula is C24H21NP. The normalized spacial score (nSPS) is 15.2. The van der Waals surface area contributed by atoms with Crippen molar-refractivity contribution in [3.63, 3.8) is 0 Å². The second-order valence-electron chi connectivity index (χ2n) is 6.26. The molecule has 2 heteroatoms. The third-order valence-corrected chi connectivity index (χ3v) is 7.11. The lowest BCUT2D eigenvalue weighted by Gasteiger charge is -2.28. The van der Waals surface area contributed by atoms with Crippen LogP contribution in [0.25, 0.3) is 0 Å². The maximum atomic E-state index is 6.67. The summed E-state index contributed by atoms with van der Waals surface area (Å²) in [5.74, 6) is 1.22. The molecule has 2 N–H and O–H groups in total. The molecule has 0 aromatic heterocycles. The molecule has 4 rings (SSSR count). The van der Waals surface area contributed by atoms with Crippen molar-refractivity contribution in [1.29, 1.82) is 0 Å². The van der Waals surface area contributed by atoms with Gasteiger partial charge in [-0.3, -0.25) is 0 Å². The molecule has 0 amide bonds. The summed E-state index contributed by atoms with van der Waals surface area (Å²) >= 11 is 0. The summed E-state index contributed by atoms with van der Waals surface area (Å²) in [5, 5.41) is 4.04. The first-order valence-electron chi connectivity index (χ1n) is 8.81. The Morgan fingerprint density at radius 3 is 1.69 bits per heavy atom. The zero-order valence-corrected chi connectivity index (χ0v) is 15.4. The van der Waals surface area contributed by atoms with Crippen LogP contribution >= 0.6 is 7.92 Å². The van der Waals surface area contributed by atoms with Gasteiger partial charge in [-0.05, 0) is 29.4 Å². The summed E-state index contributed by atoms with van der Waals surface area (Å²) in [6, 6.07) is 31.8. The van der Waals surface area contributed by atoms with Gasteiger partial charge in [0.2, 0.25) is 0 Å². The van der Waals surface area contributed by atoms with E-state index in [0.29, 0.717) is 0 Å². The maximum absolute atomic E-state index is 6.67. The Morgan fingerprint density at radius 2 is 1.15 bits per heavy atom. The molecule has 3 aromatic carbocycles. The predicted molar refractivity (Wildman–Crippen MR) is 113 cm³/mol. The van der Waals surface area contributed by atoms with Gasteiger partial charge >= 0.3 is 0 Å². The molecule has 1 aliphatic carbocycles. The lowest BCUT2D eigenvalue weighted by Crippen LogP contribution is -2.22. The molecule has 3 aromatic rings. The van der Waals surface area contributed by atoms with Crippen molar-refractivity contribution in [1.82, 2.24) is 0 Å². The van der Waals surface area contributed by atoms with Crippen LogP contribution in [0.3, 0.4) is 0 Å². The lowest BCUT2D eigenvalue weighted by atomic mass is 9.95. The molecule has 1 aliphatic rings. The average Bonchev–Trinajstić information content (AvgIpc) is 3.19. The fourth-order valence-corrected chi connectivity index (χ4v) is 5.81. The molecule has 0 spiro atoms. The van der Waals surface area contributed by atoms with E-state index >= 15 is 0 Å². The Balaban J connectivity index is 1.74. The molecule has 26 heavy (non-hydrogen) atoms. The summed E-state index contributed by atoms with van der Waals surface area (Å²) in [5.41, 5.74) is 7.81. The molecule has 0 heterocycles. The minimum atomic E-state index is -0.633.